The number of likely N-dealkylation sites (N-methyl/N-ethyl adjacent to an activating group) is 1. The first kappa shape index (κ1) is 23.3. The standard InChI is InChI=1S/C24H25FN2O4S/c1-17-8-9-18(2)23(16-17)32(29,30)26-20-12-10-19(11-13-20)24(28)27(3)14-15-31-22-7-5-4-6-21(22)25/h4-13,16,26H,14-15H2,1-3H3. The van der Waals surface area contributed by atoms with Crippen LogP contribution in [0.5, 0.6) is 5.75 Å². The van der Waals surface area contributed by atoms with Crippen molar-refractivity contribution >= 4 is 21.6 Å². The van der Waals surface area contributed by atoms with Gasteiger partial charge in [0.05, 0.1) is 11.4 Å². The Hall–Kier alpha value is -3.39. The van der Waals surface area contributed by atoms with E-state index in [-0.39, 0.29) is 29.7 Å². The molecular weight excluding hydrogens is 431 g/mol. The topological polar surface area (TPSA) is 75.7 Å². The summed E-state index contributed by atoms with van der Waals surface area (Å²) >= 11 is 0. The second-order valence-corrected chi connectivity index (χ2v) is 9.11. The van der Waals surface area contributed by atoms with Gasteiger partial charge in [-0.2, -0.15) is 0 Å². The predicted molar refractivity (Wildman–Crippen MR) is 122 cm³/mol. The predicted octanol–water partition coefficient (Wildman–Crippen LogP) is 4.39. The molecule has 0 aliphatic rings. The van der Waals surface area contributed by atoms with E-state index in [4.69, 9.17) is 4.74 Å². The molecule has 0 atom stereocenters. The minimum Gasteiger partial charge on any atom is -0.489 e. The van der Waals surface area contributed by atoms with E-state index in [0.29, 0.717) is 16.8 Å². The zero-order valence-electron chi connectivity index (χ0n) is 18.1. The van der Waals surface area contributed by atoms with Crippen molar-refractivity contribution in [3.63, 3.8) is 0 Å². The maximum absolute atomic E-state index is 13.6. The molecule has 3 rings (SSSR count). The Labute approximate surface area is 187 Å². The van der Waals surface area contributed by atoms with Gasteiger partial charge in [0.25, 0.3) is 15.9 Å². The average molecular weight is 457 g/mol. The van der Waals surface area contributed by atoms with Crippen LogP contribution >= 0.6 is 0 Å². The highest BCUT2D eigenvalue weighted by molar-refractivity contribution is 7.92. The van der Waals surface area contributed by atoms with Crippen molar-refractivity contribution in [2.75, 3.05) is 24.9 Å². The number of halogens is 1. The molecule has 1 amide bonds. The Bertz CT molecular complexity index is 1210. The van der Waals surface area contributed by atoms with Gasteiger partial charge in [-0.1, -0.05) is 24.3 Å². The second kappa shape index (κ2) is 9.82. The zero-order chi connectivity index (χ0) is 23.3. The molecular formula is C24H25FN2O4S. The summed E-state index contributed by atoms with van der Waals surface area (Å²) in [6.45, 7) is 3.96. The minimum atomic E-state index is -3.75. The fourth-order valence-corrected chi connectivity index (χ4v) is 4.45. The van der Waals surface area contributed by atoms with Gasteiger partial charge in [-0.3, -0.25) is 9.52 Å². The molecule has 0 unspecified atom stereocenters. The Morgan fingerprint density at radius 2 is 1.72 bits per heavy atom. The molecule has 0 aliphatic heterocycles. The molecule has 0 fully saturated rings. The highest BCUT2D eigenvalue weighted by atomic mass is 32.2. The van der Waals surface area contributed by atoms with E-state index in [0.717, 1.165) is 5.56 Å². The van der Waals surface area contributed by atoms with E-state index in [1.54, 1.807) is 62.5 Å². The van der Waals surface area contributed by atoms with Crippen molar-refractivity contribution < 1.29 is 22.3 Å². The molecule has 0 radical (unpaired) electrons. The number of carbonyl (C=O) groups excluding carboxylic acids is 1. The van der Waals surface area contributed by atoms with E-state index in [2.05, 4.69) is 4.72 Å². The van der Waals surface area contributed by atoms with Gasteiger partial charge < -0.3 is 9.64 Å². The summed E-state index contributed by atoms with van der Waals surface area (Å²) in [5, 5.41) is 0. The van der Waals surface area contributed by atoms with Crippen molar-refractivity contribution in [2.45, 2.75) is 18.7 Å². The molecule has 0 aliphatic carbocycles. The lowest BCUT2D eigenvalue weighted by atomic mass is 10.2. The normalized spacial score (nSPS) is 11.1. The van der Waals surface area contributed by atoms with Crippen molar-refractivity contribution in [3.05, 3.63) is 89.2 Å². The number of ether oxygens (including phenoxy) is 1. The molecule has 6 nitrogen and oxygen atoms in total. The van der Waals surface area contributed by atoms with Gasteiger partial charge in [0.2, 0.25) is 0 Å². The summed E-state index contributed by atoms with van der Waals surface area (Å²) in [5.41, 5.74) is 2.24. The third-order valence-corrected chi connectivity index (χ3v) is 6.41. The lowest BCUT2D eigenvalue weighted by molar-refractivity contribution is 0.0773. The molecule has 8 heteroatoms. The number of para-hydroxylation sites is 1. The minimum absolute atomic E-state index is 0.133. The summed E-state index contributed by atoms with van der Waals surface area (Å²) in [5.74, 6) is -0.583. The number of hydrogen-bond acceptors (Lipinski definition) is 4. The van der Waals surface area contributed by atoms with E-state index < -0.39 is 15.8 Å². The molecule has 0 spiro atoms. The number of benzene rings is 3. The lowest BCUT2D eigenvalue weighted by Gasteiger charge is -2.18. The summed E-state index contributed by atoms with van der Waals surface area (Å²) in [6, 6.07) is 17.5. The summed E-state index contributed by atoms with van der Waals surface area (Å²) < 4.78 is 47.0. The first-order valence-corrected chi connectivity index (χ1v) is 11.5. The smallest absolute Gasteiger partial charge is 0.262 e. The van der Waals surface area contributed by atoms with Gasteiger partial charge in [-0.15, -0.1) is 0 Å². The molecule has 0 saturated carbocycles. The van der Waals surface area contributed by atoms with Crippen LogP contribution in [0.2, 0.25) is 0 Å². The van der Waals surface area contributed by atoms with Crippen molar-refractivity contribution in [1.29, 1.82) is 0 Å². The number of sulfonamides is 1. The molecule has 168 valence electrons. The first-order chi connectivity index (χ1) is 15.2. The first-order valence-electron chi connectivity index (χ1n) is 10.0. The van der Waals surface area contributed by atoms with Crippen LogP contribution in [0.15, 0.2) is 71.6 Å². The van der Waals surface area contributed by atoms with Gasteiger partial charge in [0.1, 0.15) is 6.61 Å². The molecule has 32 heavy (non-hydrogen) atoms. The number of rotatable bonds is 8. The fourth-order valence-electron chi connectivity index (χ4n) is 3.06. The highest BCUT2D eigenvalue weighted by Gasteiger charge is 2.18. The molecule has 3 aromatic rings. The second-order valence-electron chi connectivity index (χ2n) is 7.46. The van der Waals surface area contributed by atoms with E-state index in [9.17, 15) is 17.6 Å². The largest absolute Gasteiger partial charge is 0.489 e. The molecule has 3 aromatic carbocycles. The van der Waals surface area contributed by atoms with Gasteiger partial charge in [-0.25, -0.2) is 12.8 Å². The number of aryl methyl sites for hydroxylation is 2. The molecule has 0 heterocycles. The average Bonchev–Trinajstić information content (AvgIpc) is 2.76. The number of hydrogen-bond donors (Lipinski definition) is 1. The third kappa shape index (κ3) is 5.64. The van der Waals surface area contributed by atoms with Crippen LogP contribution in [-0.4, -0.2) is 39.4 Å². The molecule has 0 bridgehead atoms. The quantitative estimate of drug-likeness (QED) is 0.545. The van der Waals surface area contributed by atoms with Crippen LogP contribution in [0.4, 0.5) is 10.1 Å². The van der Waals surface area contributed by atoms with Crippen molar-refractivity contribution in [1.82, 2.24) is 4.90 Å². The van der Waals surface area contributed by atoms with E-state index in [1.807, 2.05) is 13.0 Å². The summed E-state index contributed by atoms with van der Waals surface area (Å²) in [4.78, 5) is 14.3. The summed E-state index contributed by atoms with van der Waals surface area (Å²) in [6.07, 6.45) is 0. The van der Waals surface area contributed by atoms with E-state index >= 15 is 0 Å². The molecule has 0 saturated heterocycles. The van der Waals surface area contributed by atoms with Gasteiger partial charge >= 0.3 is 0 Å². The molecule has 0 aromatic heterocycles. The third-order valence-electron chi connectivity index (χ3n) is 4.88. The van der Waals surface area contributed by atoms with E-state index in [1.165, 1.54) is 17.0 Å². The van der Waals surface area contributed by atoms with Crippen LogP contribution in [0, 0.1) is 19.7 Å². The number of nitrogens with zero attached hydrogens (tertiary/aromatic N) is 1. The fraction of sp³-hybridized carbons (Fsp3) is 0.208. The van der Waals surface area contributed by atoms with Crippen LogP contribution < -0.4 is 9.46 Å². The number of anilines is 1. The molecule has 1 N–H and O–H groups in total. The number of amides is 1. The number of nitrogens with one attached hydrogen (secondary N) is 1. The van der Waals surface area contributed by atoms with Crippen LogP contribution in [0.25, 0.3) is 0 Å². The Morgan fingerprint density at radius 1 is 1.03 bits per heavy atom. The Morgan fingerprint density at radius 3 is 2.41 bits per heavy atom. The lowest BCUT2D eigenvalue weighted by Crippen LogP contribution is -2.30. The van der Waals surface area contributed by atoms with Crippen molar-refractivity contribution in [2.24, 2.45) is 0 Å². The van der Waals surface area contributed by atoms with Crippen LogP contribution in [0.3, 0.4) is 0 Å². The van der Waals surface area contributed by atoms with Crippen molar-refractivity contribution in [3.8, 4) is 5.75 Å². The zero-order valence-corrected chi connectivity index (χ0v) is 18.9. The van der Waals surface area contributed by atoms with Gasteiger partial charge in [-0.05, 0) is 67.4 Å². The monoisotopic (exact) mass is 456 g/mol. The maximum Gasteiger partial charge on any atom is 0.262 e. The van der Waals surface area contributed by atoms with Crippen LogP contribution in [-0.2, 0) is 10.0 Å². The maximum atomic E-state index is 13.6. The van der Waals surface area contributed by atoms with Gasteiger partial charge in [0, 0.05) is 18.3 Å². The summed E-state index contributed by atoms with van der Waals surface area (Å²) in [7, 11) is -2.14. The Balaban J connectivity index is 1.61. The van der Waals surface area contributed by atoms with Gasteiger partial charge in [0.15, 0.2) is 11.6 Å². The number of carbonyl (C=O) groups is 1. The SMILES string of the molecule is Cc1ccc(C)c(S(=O)(=O)Nc2ccc(C(=O)N(C)CCOc3ccccc3F)cc2)c1. The Kier molecular flexibility index (Phi) is 7.15. The van der Waals surface area contributed by atoms with Crippen LogP contribution in [0.1, 0.15) is 21.5 Å². The highest BCUT2D eigenvalue weighted by Crippen LogP contribution is 2.21.